The van der Waals surface area contributed by atoms with Gasteiger partial charge in [-0.1, -0.05) is 0 Å². The number of methoxy groups -OCH3 is 1. The minimum Gasteiger partial charge on any atom is -0.465 e. The Bertz CT molecular complexity index is 851. The minimum absolute atomic E-state index is 0.0351. The molecule has 10 heteroatoms. The molecule has 136 valence electrons. The van der Waals surface area contributed by atoms with E-state index in [9.17, 15) is 13.2 Å². The largest absolute Gasteiger partial charge is 0.465 e. The van der Waals surface area contributed by atoms with Gasteiger partial charge in [0.05, 0.1) is 17.8 Å². The highest BCUT2D eigenvalue weighted by Gasteiger charge is 2.32. The number of esters is 1. The van der Waals surface area contributed by atoms with Crippen LogP contribution in [0.15, 0.2) is 21.7 Å². The monoisotopic (exact) mass is 401 g/mol. The molecule has 0 aliphatic carbocycles. The molecule has 0 atom stereocenters. The average molecular weight is 402 g/mol. The zero-order chi connectivity index (χ0) is 18.0. The minimum atomic E-state index is -3.69. The van der Waals surface area contributed by atoms with Gasteiger partial charge in [-0.15, -0.1) is 22.7 Å². The number of carbonyl (C=O) groups excluding carboxylic acids is 1. The van der Waals surface area contributed by atoms with Gasteiger partial charge in [-0.05, 0) is 18.4 Å². The van der Waals surface area contributed by atoms with Crippen LogP contribution in [-0.4, -0.2) is 61.9 Å². The van der Waals surface area contributed by atoms with Crippen LogP contribution in [0.3, 0.4) is 0 Å². The lowest BCUT2D eigenvalue weighted by Gasteiger charge is -2.33. The Kier molecular flexibility index (Phi) is 5.54. The summed E-state index contributed by atoms with van der Waals surface area (Å²) in [6, 6.07) is 1.47. The Morgan fingerprint density at radius 3 is 2.60 bits per heavy atom. The van der Waals surface area contributed by atoms with Crippen molar-refractivity contribution >= 4 is 38.7 Å². The Labute approximate surface area is 154 Å². The third-order valence-corrected chi connectivity index (χ3v) is 7.79. The van der Waals surface area contributed by atoms with E-state index in [1.807, 2.05) is 12.3 Å². The highest BCUT2D eigenvalue weighted by Crippen LogP contribution is 2.27. The van der Waals surface area contributed by atoms with Crippen molar-refractivity contribution in [3.05, 3.63) is 32.4 Å². The van der Waals surface area contributed by atoms with Crippen molar-refractivity contribution in [2.24, 2.45) is 0 Å². The zero-order valence-electron chi connectivity index (χ0n) is 14.0. The van der Waals surface area contributed by atoms with Crippen molar-refractivity contribution in [1.29, 1.82) is 0 Å². The van der Waals surface area contributed by atoms with Crippen molar-refractivity contribution in [2.75, 3.05) is 33.3 Å². The van der Waals surface area contributed by atoms with E-state index in [1.54, 1.807) is 16.7 Å². The van der Waals surface area contributed by atoms with Crippen LogP contribution in [0.5, 0.6) is 0 Å². The molecule has 1 aliphatic heterocycles. The number of carbonyl (C=O) groups is 1. The molecule has 0 bridgehead atoms. The highest BCUT2D eigenvalue weighted by atomic mass is 32.2. The van der Waals surface area contributed by atoms with Crippen LogP contribution in [0, 0.1) is 6.92 Å². The zero-order valence-corrected chi connectivity index (χ0v) is 16.4. The smallest absolute Gasteiger partial charge is 0.349 e. The average Bonchev–Trinajstić information content (AvgIpc) is 3.24. The normalized spacial score (nSPS) is 16.9. The fourth-order valence-electron chi connectivity index (χ4n) is 2.72. The summed E-state index contributed by atoms with van der Waals surface area (Å²) in [5, 5.41) is 4.66. The van der Waals surface area contributed by atoms with E-state index in [-0.39, 0.29) is 9.77 Å². The molecule has 0 aromatic carbocycles. The molecule has 2 aromatic rings. The number of ether oxygens (including phenoxy) is 1. The van der Waals surface area contributed by atoms with E-state index in [0.717, 1.165) is 28.6 Å². The standard InChI is InChI=1S/C15H19N3O4S3/c1-11-16-12(10-24-11)9-17-4-6-18(7-5-17)25(20,21)13-3-8-23-14(13)15(19)22-2/h3,8,10H,4-7,9H2,1-2H3. The van der Waals surface area contributed by atoms with Gasteiger partial charge in [0.1, 0.15) is 9.77 Å². The molecule has 25 heavy (non-hydrogen) atoms. The van der Waals surface area contributed by atoms with Crippen molar-refractivity contribution in [1.82, 2.24) is 14.2 Å². The molecule has 3 rings (SSSR count). The summed E-state index contributed by atoms with van der Waals surface area (Å²) < 4.78 is 31.8. The number of hydrogen-bond acceptors (Lipinski definition) is 8. The van der Waals surface area contributed by atoms with E-state index in [4.69, 9.17) is 0 Å². The maximum atomic E-state index is 12.9. The second-order valence-electron chi connectivity index (χ2n) is 5.64. The van der Waals surface area contributed by atoms with Gasteiger partial charge in [-0.2, -0.15) is 4.31 Å². The molecule has 0 radical (unpaired) electrons. The van der Waals surface area contributed by atoms with Crippen molar-refractivity contribution in [3.8, 4) is 0 Å². The third kappa shape index (κ3) is 3.93. The van der Waals surface area contributed by atoms with Gasteiger partial charge in [-0.3, -0.25) is 4.90 Å². The molecule has 0 unspecified atom stereocenters. The Hall–Kier alpha value is -1.33. The predicted molar refractivity (Wildman–Crippen MR) is 96.5 cm³/mol. The van der Waals surface area contributed by atoms with Crippen LogP contribution in [0.25, 0.3) is 0 Å². The second-order valence-corrected chi connectivity index (χ2v) is 9.53. The van der Waals surface area contributed by atoms with Crippen LogP contribution >= 0.6 is 22.7 Å². The first-order chi connectivity index (χ1) is 11.9. The van der Waals surface area contributed by atoms with Gasteiger partial charge in [0.25, 0.3) is 0 Å². The van der Waals surface area contributed by atoms with E-state index < -0.39 is 16.0 Å². The molecule has 7 nitrogen and oxygen atoms in total. The Morgan fingerprint density at radius 2 is 2.00 bits per heavy atom. The van der Waals surface area contributed by atoms with Crippen molar-refractivity contribution in [2.45, 2.75) is 18.4 Å². The molecule has 0 N–H and O–H groups in total. The quantitative estimate of drug-likeness (QED) is 0.711. The van der Waals surface area contributed by atoms with Crippen LogP contribution in [0.1, 0.15) is 20.4 Å². The molecule has 1 fully saturated rings. The molecule has 0 spiro atoms. The van der Waals surface area contributed by atoms with Gasteiger partial charge in [-0.25, -0.2) is 18.2 Å². The summed E-state index contributed by atoms with van der Waals surface area (Å²) in [6.45, 7) is 4.74. The predicted octanol–water partition coefficient (Wildman–Crippen LogP) is 1.81. The summed E-state index contributed by atoms with van der Waals surface area (Å²) in [5.74, 6) is -0.619. The van der Waals surface area contributed by atoms with Crippen LogP contribution < -0.4 is 0 Å². The molecule has 3 heterocycles. The number of aromatic nitrogens is 1. The fraction of sp³-hybridized carbons (Fsp3) is 0.467. The number of piperazine rings is 1. The van der Waals surface area contributed by atoms with Crippen molar-refractivity contribution < 1.29 is 17.9 Å². The number of thiophene rings is 1. The fourth-order valence-corrected chi connectivity index (χ4v) is 6.05. The van der Waals surface area contributed by atoms with Crippen LogP contribution in [0.2, 0.25) is 0 Å². The number of thiazole rings is 1. The third-order valence-electron chi connectivity index (χ3n) is 4.00. The summed E-state index contributed by atoms with van der Waals surface area (Å²) in [6.07, 6.45) is 0. The van der Waals surface area contributed by atoms with E-state index in [1.165, 1.54) is 17.5 Å². The van der Waals surface area contributed by atoms with Gasteiger partial charge in [0, 0.05) is 38.1 Å². The lowest BCUT2D eigenvalue weighted by Crippen LogP contribution is -2.48. The van der Waals surface area contributed by atoms with E-state index in [2.05, 4.69) is 14.6 Å². The molecule has 0 saturated carbocycles. The van der Waals surface area contributed by atoms with Gasteiger partial charge < -0.3 is 4.74 Å². The first kappa shape index (κ1) is 18.5. The Balaban J connectivity index is 1.67. The molecule has 1 aliphatic rings. The van der Waals surface area contributed by atoms with Gasteiger partial charge in [0.15, 0.2) is 0 Å². The van der Waals surface area contributed by atoms with Crippen molar-refractivity contribution in [3.63, 3.8) is 0 Å². The highest BCUT2D eigenvalue weighted by molar-refractivity contribution is 7.89. The Morgan fingerprint density at radius 1 is 1.28 bits per heavy atom. The summed E-state index contributed by atoms with van der Waals surface area (Å²) in [7, 11) is -2.45. The topological polar surface area (TPSA) is 79.8 Å². The van der Waals surface area contributed by atoms with Gasteiger partial charge in [0.2, 0.25) is 10.0 Å². The number of hydrogen-bond donors (Lipinski definition) is 0. The SMILES string of the molecule is COC(=O)c1sccc1S(=O)(=O)N1CCN(Cc2csc(C)n2)CC1. The summed E-state index contributed by atoms with van der Waals surface area (Å²) in [5.41, 5.74) is 1.02. The molecular weight excluding hydrogens is 382 g/mol. The number of rotatable bonds is 5. The van der Waals surface area contributed by atoms with Crippen LogP contribution in [-0.2, 0) is 21.3 Å². The summed E-state index contributed by atoms with van der Waals surface area (Å²) in [4.78, 5) is 18.6. The lowest BCUT2D eigenvalue weighted by molar-refractivity contribution is 0.0602. The first-order valence-electron chi connectivity index (χ1n) is 7.71. The maximum absolute atomic E-state index is 12.9. The molecule has 2 aromatic heterocycles. The number of aryl methyl sites for hydroxylation is 1. The van der Waals surface area contributed by atoms with Gasteiger partial charge >= 0.3 is 5.97 Å². The van der Waals surface area contributed by atoms with E-state index >= 15 is 0 Å². The first-order valence-corrected chi connectivity index (χ1v) is 10.9. The molecular formula is C15H19N3O4S3. The maximum Gasteiger partial charge on any atom is 0.349 e. The number of nitrogens with zero attached hydrogens (tertiary/aromatic N) is 3. The lowest BCUT2D eigenvalue weighted by atomic mass is 10.3. The van der Waals surface area contributed by atoms with E-state index in [0.29, 0.717) is 26.2 Å². The number of sulfonamides is 1. The molecule has 1 saturated heterocycles. The second kappa shape index (κ2) is 7.50. The summed E-state index contributed by atoms with van der Waals surface area (Å²) >= 11 is 2.70. The molecule has 0 amide bonds. The van der Waals surface area contributed by atoms with Crippen LogP contribution in [0.4, 0.5) is 0 Å².